The Morgan fingerprint density at radius 3 is 1.15 bits per heavy atom. The molecule has 4 rings (SSSR count). The van der Waals surface area contributed by atoms with E-state index in [1.54, 1.807) is 0 Å². The number of fused-ring (bicyclic) bond motifs is 2. The van der Waals surface area contributed by atoms with Crippen molar-refractivity contribution in [1.82, 2.24) is 9.13 Å². The van der Waals surface area contributed by atoms with Gasteiger partial charge in [-0.25, -0.2) is 0 Å². The summed E-state index contributed by atoms with van der Waals surface area (Å²) < 4.78 is 2.36. The first-order valence-corrected chi connectivity index (χ1v) is 23.2. The fourth-order valence-corrected chi connectivity index (χ4v) is 10.2. The summed E-state index contributed by atoms with van der Waals surface area (Å²) in [5, 5.41) is 0.943. The average Bonchev–Trinajstić information content (AvgIpc) is 3.54. The first kappa shape index (κ1) is 44.2. The maximum absolute atomic E-state index is 13.2. The molecule has 0 saturated heterocycles. The molecule has 1 aromatic carbocycles. The van der Waals surface area contributed by atoms with E-state index >= 15 is 0 Å². The lowest BCUT2D eigenvalue weighted by molar-refractivity contribution is 0.0581. The zero-order valence-electron chi connectivity index (χ0n) is 35.2. The van der Waals surface area contributed by atoms with Crippen LogP contribution in [0, 0.1) is 23.7 Å². The van der Waals surface area contributed by atoms with Crippen molar-refractivity contribution in [3.63, 3.8) is 0 Å². The van der Waals surface area contributed by atoms with Gasteiger partial charge in [-0.3, -0.25) is 28.3 Å². The highest BCUT2D eigenvalue weighted by Gasteiger charge is 2.37. The number of hydrogen-bond acceptors (Lipinski definition) is 4. The van der Waals surface area contributed by atoms with Gasteiger partial charge in [-0.15, -0.1) is 0 Å². The standard InChI is InChI=1S/C48H78N2O4/c1-5-8-11-14-16-19-24-29-38-33-32-37(28-23-13-10-7-3)39(30-25-20-15-12-9-6-2)40(38)31-26-21-17-18-22-27-34-50-47(53)43-35-41-42(36-44(43)48(50)54)46(52)49(4)45(41)51/h35-40H,5-34H2,1-4H3. The largest absolute Gasteiger partial charge is 0.277 e. The Morgan fingerprint density at radius 2 is 0.741 bits per heavy atom. The number of benzene rings is 1. The summed E-state index contributed by atoms with van der Waals surface area (Å²) in [6.07, 6.45) is 39.3. The van der Waals surface area contributed by atoms with Gasteiger partial charge in [0.15, 0.2) is 0 Å². The van der Waals surface area contributed by atoms with Gasteiger partial charge in [0.25, 0.3) is 22.2 Å². The maximum Gasteiger partial charge on any atom is 0.261 e. The topological polar surface area (TPSA) is 78.1 Å². The summed E-state index contributed by atoms with van der Waals surface area (Å²) >= 11 is 0. The van der Waals surface area contributed by atoms with Crippen LogP contribution >= 0.6 is 0 Å². The molecule has 0 aliphatic heterocycles. The molecule has 54 heavy (non-hydrogen) atoms. The van der Waals surface area contributed by atoms with Crippen molar-refractivity contribution in [2.45, 2.75) is 214 Å². The normalized spacial score (nSPS) is 19.1. The van der Waals surface area contributed by atoms with E-state index in [1.807, 2.05) is 0 Å². The number of unbranched alkanes of at least 4 members (excludes halogenated alkanes) is 19. The third kappa shape index (κ3) is 12.5. The van der Waals surface area contributed by atoms with E-state index in [-0.39, 0.29) is 32.7 Å². The lowest BCUT2D eigenvalue weighted by Gasteiger charge is -2.44. The Balaban J connectivity index is 1.29. The molecule has 4 atom stereocenters. The Hall–Kier alpha value is -2.50. The summed E-state index contributed by atoms with van der Waals surface area (Å²) in [5.74, 6) is 3.71. The second-order valence-corrected chi connectivity index (χ2v) is 17.5. The molecule has 6 heteroatoms. The highest BCUT2D eigenvalue weighted by atomic mass is 16.2. The van der Waals surface area contributed by atoms with E-state index in [1.165, 1.54) is 191 Å². The van der Waals surface area contributed by atoms with Crippen molar-refractivity contribution in [1.29, 1.82) is 0 Å². The van der Waals surface area contributed by atoms with Crippen LogP contribution in [0.3, 0.4) is 0 Å². The Labute approximate surface area is 327 Å². The van der Waals surface area contributed by atoms with E-state index in [2.05, 4.69) is 20.8 Å². The van der Waals surface area contributed by atoms with Gasteiger partial charge in [0.1, 0.15) is 0 Å². The van der Waals surface area contributed by atoms with Crippen LogP contribution in [0.15, 0.2) is 31.3 Å². The van der Waals surface area contributed by atoms with Gasteiger partial charge in [0.2, 0.25) is 0 Å². The van der Waals surface area contributed by atoms with Crippen LogP contribution < -0.4 is 22.2 Å². The average molecular weight is 747 g/mol. The van der Waals surface area contributed by atoms with Gasteiger partial charge in [-0.2, -0.15) is 0 Å². The molecule has 304 valence electrons. The van der Waals surface area contributed by atoms with Crippen LogP contribution in [0.5, 0.6) is 0 Å². The second kappa shape index (κ2) is 24.2. The van der Waals surface area contributed by atoms with Gasteiger partial charge in [0.05, 0.1) is 21.5 Å². The third-order valence-electron chi connectivity index (χ3n) is 13.5. The summed E-state index contributed by atoms with van der Waals surface area (Å²) in [6.45, 7) is 7.35. The number of hydrogen-bond donors (Lipinski definition) is 0. The molecule has 4 unspecified atom stereocenters. The molecular formula is C48H78N2O4. The minimum Gasteiger partial charge on any atom is -0.277 e. The van der Waals surface area contributed by atoms with Crippen LogP contribution in [0.1, 0.15) is 207 Å². The summed E-state index contributed by atoms with van der Waals surface area (Å²) in [4.78, 5) is 51.2. The van der Waals surface area contributed by atoms with Crippen LogP contribution in [0.4, 0.5) is 0 Å². The van der Waals surface area contributed by atoms with Crippen molar-refractivity contribution in [2.24, 2.45) is 30.7 Å². The molecule has 0 spiro atoms. The van der Waals surface area contributed by atoms with Crippen LogP contribution in [0.2, 0.25) is 0 Å². The quantitative estimate of drug-likeness (QED) is 0.0663. The van der Waals surface area contributed by atoms with E-state index in [4.69, 9.17) is 0 Å². The van der Waals surface area contributed by atoms with Gasteiger partial charge in [-0.1, -0.05) is 175 Å². The van der Waals surface area contributed by atoms with Gasteiger partial charge in [-0.05, 0) is 67.9 Å². The fraction of sp³-hybridized carbons (Fsp3) is 0.792. The third-order valence-corrected chi connectivity index (χ3v) is 13.5. The molecular weight excluding hydrogens is 669 g/mol. The van der Waals surface area contributed by atoms with Crippen LogP contribution in [-0.4, -0.2) is 9.13 Å². The van der Waals surface area contributed by atoms with Crippen molar-refractivity contribution >= 4 is 21.5 Å². The summed E-state index contributed by atoms with van der Waals surface area (Å²) in [5.41, 5.74) is -1.52. The molecule has 1 aliphatic carbocycles. The lowest BCUT2D eigenvalue weighted by atomic mass is 9.61. The molecule has 0 radical (unpaired) electrons. The van der Waals surface area contributed by atoms with E-state index in [0.29, 0.717) is 6.54 Å². The maximum atomic E-state index is 13.2. The first-order valence-electron chi connectivity index (χ1n) is 23.2. The minimum absolute atomic E-state index is 0.220. The number of aromatic nitrogens is 2. The Morgan fingerprint density at radius 1 is 0.426 bits per heavy atom. The van der Waals surface area contributed by atoms with Gasteiger partial charge in [0, 0.05) is 13.6 Å². The Kier molecular flexibility index (Phi) is 19.8. The van der Waals surface area contributed by atoms with Gasteiger partial charge < -0.3 is 0 Å². The first-order chi connectivity index (χ1) is 26.3. The van der Waals surface area contributed by atoms with Gasteiger partial charge >= 0.3 is 0 Å². The summed E-state index contributed by atoms with van der Waals surface area (Å²) in [7, 11) is 1.43. The monoisotopic (exact) mass is 747 g/mol. The summed E-state index contributed by atoms with van der Waals surface area (Å²) in [6, 6.07) is 2.90. The zero-order chi connectivity index (χ0) is 38.7. The predicted molar refractivity (Wildman–Crippen MR) is 231 cm³/mol. The van der Waals surface area contributed by atoms with Crippen molar-refractivity contribution in [2.75, 3.05) is 0 Å². The predicted octanol–water partition coefficient (Wildman–Crippen LogP) is 12.3. The van der Waals surface area contributed by atoms with Crippen LogP contribution in [0.25, 0.3) is 21.5 Å². The number of nitrogens with zero attached hydrogens (tertiary/aromatic N) is 2. The minimum atomic E-state index is -0.417. The van der Waals surface area contributed by atoms with Crippen LogP contribution in [-0.2, 0) is 13.6 Å². The SMILES string of the molecule is CCCCCCCCCC1CCC(CCCCCC)C(CCCCCCCC)C1CCCCCCCCn1c(=O)c2cc3c(=O)n(C)c(=O)c3cc2c1=O. The van der Waals surface area contributed by atoms with Crippen molar-refractivity contribution in [3.05, 3.63) is 53.5 Å². The smallest absolute Gasteiger partial charge is 0.261 e. The second-order valence-electron chi connectivity index (χ2n) is 17.5. The molecule has 3 aromatic rings. The van der Waals surface area contributed by atoms with E-state index in [9.17, 15) is 19.2 Å². The Bertz CT molecular complexity index is 1630. The molecule has 1 saturated carbocycles. The molecule has 6 nitrogen and oxygen atoms in total. The van der Waals surface area contributed by atoms with Crippen molar-refractivity contribution in [3.8, 4) is 0 Å². The lowest BCUT2D eigenvalue weighted by Crippen LogP contribution is -2.35. The zero-order valence-corrected chi connectivity index (χ0v) is 35.2. The highest BCUT2D eigenvalue weighted by Crippen LogP contribution is 2.48. The molecule has 2 heterocycles. The van der Waals surface area contributed by atoms with E-state index < -0.39 is 11.1 Å². The fourth-order valence-electron chi connectivity index (χ4n) is 10.2. The highest BCUT2D eigenvalue weighted by molar-refractivity contribution is 5.97. The molecule has 0 amide bonds. The molecule has 2 aromatic heterocycles. The number of rotatable bonds is 29. The molecule has 0 N–H and O–H groups in total. The molecule has 1 aliphatic rings. The van der Waals surface area contributed by atoms with E-state index in [0.717, 1.165) is 47.5 Å². The van der Waals surface area contributed by atoms with Crippen molar-refractivity contribution < 1.29 is 0 Å². The molecule has 0 bridgehead atoms. The molecule has 1 fully saturated rings.